The average Bonchev–Trinajstić information content (AvgIpc) is 1.96. The zero-order valence-corrected chi connectivity index (χ0v) is 9.00. The SMILES string of the molecule is CCS(=O)CCCNS(C)(=O)=O. The molecule has 1 N–H and O–H groups in total. The summed E-state index contributed by atoms with van der Waals surface area (Å²) in [6.45, 7) is 2.23. The van der Waals surface area contributed by atoms with Crippen molar-refractivity contribution in [3.63, 3.8) is 0 Å². The summed E-state index contributed by atoms with van der Waals surface area (Å²) >= 11 is 0. The third-order valence-corrected chi connectivity index (χ3v) is 3.35. The molecule has 0 amide bonds. The lowest BCUT2D eigenvalue weighted by atomic mass is 10.5. The molecule has 74 valence electrons. The second-order valence-corrected chi connectivity index (χ2v) is 6.15. The molecule has 4 nitrogen and oxygen atoms in total. The lowest BCUT2D eigenvalue weighted by Crippen LogP contribution is -2.24. The van der Waals surface area contributed by atoms with E-state index in [0.717, 1.165) is 6.26 Å². The Bertz CT molecular complexity index is 235. The third kappa shape index (κ3) is 8.16. The van der Waals surface area contributed by atoms with Gasteiger partial charge in [-0.15, -0.1) is 0 Å². The Morgan fingerprint density at radius 2 is 2.00 bits per heavy atom. The van der Waals surface area contributed by atoms with E-state index in [1.54, 1.807) is 0 Å². The summed E-state index contributed by atoms with van der Waals surface area (Å²) in [4.78, 5) is 0. The summed E-state index contributed by atoms with van der Waals surface area (Å²) < 4.78 is 34.3. The van der Waals surface area contributed by atoms with Gasteiger partial charge in [-0.2, -0.15) is 0 Å². The largest absolute Gasteiger partial charge is 0.260 e. The van der Waals surface area contributed by atoms with Crippen molar-refractivity contribution >= 4 is 20.8 Å². The highest BCUT2D eigenvalue weighted by Crippen LogP contribution is 1.86. The molecular weight excluding hydrogens is 198 g/mol. The van der Waals surface area contributed by atoms with Gasteiger partial charge in [0.15, 0.2) is 0 Å². The van der Waals surface area contributed by atoms with Crippen molar-refractivity contribution in [1.82, 2.24) is 4.72 Å². The van der Waals surface area contributed by atoms with E-state index in [-0.39, 0.29) is 0 Å². The van der Waals surface area contributed by atoms with Crippen LogP contribution in [0, 0.1) is 0 Å². The van der Waals surface area contributed by atoms with Crippen LogP contribution in [0.1, 0.15) is 13.3 Å². The molecule has 0 spiro atoms. The van der Waals surface area contributed by atoms with Gasteiger partial charge in [0, 0.05) is 28.9 Å². The normalized spacial score (nSPS) is 14.5. The van der Waals surface area contributed by atoms with Crippen molar-refractivity contribution in [2.24, 2.45) is 0 Å². The van der Waals surface area contributed by atoms with Gasteiger partial charge in [0.25, 0.3) is 0 Å². The molecule has 0 radical (unpaired) electrons. The van der Waals surface area contributed by atoms with Gasteiger partial charge in [0.05, 0.1) is 6.26 Å². The number of nitrogens with one attached hydrogen (secondary N) is 1. The van der Waals surface area contributed by atoms with Crippen molar-refractivity contribution in [3.05, 3.63) is 0 Å². The van der Waals surface area contributed by atoms with E-state index in [4.69, 9.17) is 0 Å². The first-order valence-corrected chi connectivity index (χ1v) is 7.13. The Morgan fingerprint density at radius 3 is 2.42 bits per heavy atom. The van der Waals surface area contributed by atoms with Crippen LogP contribution in [0.2, 0.25) is 0 Å². The molecule has 12 heavy (non-hydrogen) atoms. The van der Waals surface area contributed by atoms with E-state index in [2.05, 4.69) is 4.72 Å². The second kappa shape index (κ2) is 5.66. The minimum absolute atomic E-state index is 0.380. The van der Waals surface area contributed by atoms with Gasteiger partial charge in [-0.05, 0) is 6.42 Å². The van der Waals surface area contributed by atoms with Crippen LogP contribution >= 0.6 is 0 Å². The maximum absolute atomic E-state index is 10.9. The van der Waals surface area contributed by atoms with Gasteiger partial charge < -0.3 is 0 Å². The van der Waals surface area contributed by atoms with E-state index in [9.17, 15) is 12.6 Å². The quantitative estimate of drug-likeness (QED) is 0.616. The maximum atomic E-state index is 10.9. The predicted octanol–water partition coefficient (Wildman–Crippen LogP) is -0.306. The molecule has 0 fully saturated rings. The molecule has 0 saturated carbocycles. The van der Waals surface area contributed by atoms with Gasteiger partial charge in [0.1, 0.15) is 0 Å². The Balaban J connectivity index is 3.40. The van der Waals surface area contributed by atoms with Crippen LogP contribution in [-0.2, 0) is 20.8 Å². The second-order valence-electron chi connectivity index (χ2n) is 2.45. The molecule has 1 unspecified atom stereocenters. The Morgan fingerprint density at radius 1 is 1.42 bits per heavy atom. The van der Waals surface area contributed by atoms with Gasteiger partial charge in [-0.3, -0.25) is 4.21 Å². The van der Waals surface area contributed by atoms with E-state index in [1.165, 1.54) is 0 Å². The molecule has 0 bridgehead atoms. The van der Waals surface area contributed by atoms with E-state index >= 15 is 0 Å². The zero-order valence-electron chi connectivity index (χ0n) is 7.37. The minimum atomic E-state index is -3.08. The van der Waals surface area contributed by atoms with Crippen molar-refractivity contribution in [2.45, 2.75) is 13.3 Å². The molecule has 0 aliphatic rings. The van der Waals surface area contributed by atoms with Crippen LogP contribution in [0.5, 0.6) is 0 Å². The third-order valence-electron chi connectivity index (χ3n) is 1.24. The van der Waals surface area contributed by atoms with Crippen molar-refractivity contribution in [1.29, 1.82) is 0 Å². The lowest BCUT2D eigenvalue weighted by molar-refractivity contribution is 0.587. The van der Waals surface area contributed by atoms with Crippen molar-refractivity contribution in [2.75, 3.05) is 24.3 Å². The minimum Gasteiger partial charge on any atom is -0.260 e. The molecule has 0 aliphatic carbocycles. The molecule has 0 aromatic carbocycles. The summed E-state index contributed by atoms with van der Waals surface area (Å²) in [7, 11) is -3.87. The molecule has 6 heteroatoms. The van der Waals surface area contributed by atoms with Crippen molar-refractivity contribution in [3.8, 4) is 0 Å². The topological polar surface area (TPSA) is 63.2 Å². The standard InChI is InChI=1S/C6H15NO3S2/c1-3-11(8)6-4-5-7-12(2,9)10/h7H,3-6H2,1-2H3. The van der Waals surface area contributed by atoms with Gasteiger partial charge in [-0.1, -0.05) is 6.92 Å². The Hall–Kier alpha value is 0.0600. The summed E-state index contributed by atoms with van der Waals surface area (Å²) in [5, 5.41) is 0. The molecule has 0 rings (SSSR count). The van der Waals surface area contributed by atoms with Crippen LogP contribution in [-0.4, -0.2) is 36.9 Å². The van der Waals surface area contributed by atoms with E-state index in [1.807, 2.05) is 6.92 Å². The first kappa shape index (κ1) is 12.1. The van der Waals surface area contributed by atoms with Crippen LogP contribution in [0.3, 0.4) is 0 Å². The van der Waals surface area contributed by atoms with Gasteiger partial charge >= 0.3 is 0 Å². The smallest absolute Gasteiger partial charge is 0.208 e. The fourth-order valence-corrected chi connectivity index (χ4v) is 1.91. The van der Waals surface area contributed by atoms with Crippen LogP contribution < -0.4 is 4.72 Å². The molecule has 1 atom stereocenters. The molecule has 0 aromatic heterocycles. The number of hydrogen-bond acceptors (Lipinski definition) is 3. The zero-order chi connectivity index (χ0) is 9.61. The first-order chi connectivity index (χ1) is 5.45. The predicted molar refractivity (Wildman–Crippen MR) is 51.0 cm³/mol. The van der Waals surface area contributed by atoms with Crippen LogP contribution in [0.15, 0.2) is 0 Å². The summed E-state index contributed by atoms with van der Waals surface area (Å²) in [5.41, 5.74) is 0. The first-order valence-electron chi connectivity index (χ1n) is 3.75. The van der Waals surface area contributed by atoms with Crippen LogP contribution in [0.4, 0.5) is 0 Å². The number of sulfonamides is 1. The molecule has 0 heterocycles. The van der Waals surface area contributed by atoms with E-state index < -0.39 is 20.8 Å². The number of rotatable bonds is 6. The molecule has 0 saturated heterocycles. The highest BCUT2D eigenvalue weighted by molar-refractivity contribution is 7.88. The maximum Gasteiger partial charge on any atom is 0.208 e. The van der Waals surface area contributed by atoms with E-state index in [0.29, 0.717) is 24.5 Å². The van der Waals surface area contributed by atoms with Gasteiger partial charge in [0.2, 0.25) is 10.0 Å². The molecule has 0 aromatic rings. The highest BCUT2D eigenvalue weighted by atomic mass is 32.2. The average molecular weight is 213 g/mol. The summed E-state index contributed by atoms with van der Waals surface area (Å²) in [6, 6.07) is 0. The lowest BCUT2D eigenvalue weighted by Gasteiger charge is -2.00. The van der Waals surface area contributed by atoms with Crippen LogP contribution in [0.25, 0.3) is 0 Å². The molecule has 0 aliphatic heterocycles. The summed E-state index contributed by atoms with van der Waals surface area (Å²) in [6.07, 6.45) is 1.75. The Labute approximate surface area is 76.2 Å². The summed E-state index contributed by atoms with van der Waals surface area (Å²) in [5.74, 6) is 1.21. The van der Waals surface area contributed by atoms with Gasteiger partial charge in [-0.25, -0.2) is 13.1 Å². The Kier molecular flexibility index (Phi) is 5.69. The fraction of sp³-hybridized carbons (Fsp3) is 1.00. The molecular formula is C6H15NO3S2. The monoisotopic (exact) mass is 213 g/mol. The highest BCUT2D eigenvalue weighted by Gasteiger charge is 2.00. The number of hydrogen-bond donors (Lipinski definition) is 1. The fourth-order valence-electron chi connectivity index (χ4n) is 0.635. The van der Waals surface area contributed by atoms with Crippen molar-refractivity contribution < 1.29 is 12.6 Å².